The van der Waals surface area contributed by atoms with Crippen LogP contribution in [0, 0.1) is 0 Å². The molecule has 0 N–H and O–H groups in total. The van der Waals surface area contributed by atoms with Crippen LogP contribution in [0.5, 0.6) is 0 Å². The highest BCUT2D eigenvalue weighted by Crippen LogP contribution is 2.36. The van der Waals surface area contributed by atoms with Crippen molar-refractivity contribution in [2.75, 3.05) is 0 Å². The molecule has 0 heterocycles. The third-order valence-electron chi connectivity index (χ3n) is 3.63. The van der Waals surface area contributed by atoms with Gasteiger partial charge in [0.25, 0.3) is 0 Å². The zero-order valence-electron chi connectivity index (χ0n) is 12.8. The van der Waals surface area contributed by atoms with Gasteiger partial charge in [0.15, 0.2) is 0 Å². The zero-order valence-corrected chi connectivity index (χ0v) is 13.5. The molecule has 0 unspecified atom stereocenters. The van der Waals surface area contributed by atoms with Crippen LogP contribution in [-0.4, -0.2) is 0 Å². The SMILES string of the molecule is CC(C)(C)c1ccc2c(Cl)c(C(C)(C)C)ccc2c1. The van der Waals surface area contributed by atoms with Gasteiger partial charge in [0.2, 0.25) is 0 Å². The Hall–Kier alpha value is -1.01. The van der Waals surface area contributed by atoms with Crippen molar-refractivity contribution in [1.29, 1.82) is 0 Å². The number of benzene rings is 2. The third-order valence-corrected chi connectivity index (χ3v) is 4.04. The summed E-state index contributed by atoms with van der Waals surface area (Å²) in [6.07, 6.45) is 0. The minimum atomic E-state index is 0.0774. The molecule has 2 aromatic rings. The number of hydrogen-bond acceptors (Lipinski definition) is 0. The molecule has 19 heavy (non-hydrogen) atoms. The summed E-state index contributed by atoms with van der Waals surface area (Å²) >= 11 is 6.59. The van der Waals surface area contributed by atoms with Crippen molar-refractivity contribution in [2.24, 2.45) is 0 Å². The van der Waals surface area contributed by atoms with E-state index >= 15 is 0 Å². The molecule has 0 spiro atoms. The Balaban J connectivity index is 2.67. The van der Waals surface area contributed by atoms with Crippen LogP contribution in [0.25, 0.3) is 10.8 Å². The second-order valence-electron chi connectivity index (χ2n) is 7.36. The second kappa shape index (κ2) is 4.52. The summed E-state index contributed by atoms with van der Waals surface area (Å²) < 4.78 is 0. The van der Waals surface area contributed by atoms with Crippen molar-refractivity contribution in [1.82, 2.24) is 0 Å². The van der Waals surface area contributed by atoms with Gasteiger partial charge in [0, 0.05) is 5.39 Å². The van der Waals surface area contributed by atoms with Crippen molar-refractivity contribution in [3.63, 3.8) is 0 Å². The first-order valence-electron chi connectivity index (χ1n) is 6.84. The van der Waals surface area contributed by atoms with Gasteiger partial charge in [-0.3, -0.25) is 0 Å². The molecular weight excluding hydrogens is 252 g/mol. The lowest BCUT2D eigenvalue weighted by atomic mass is 9.83. The number of hydrogen-bond donors (Lipinski definition) is 0. The van der Waals surface area contributed by atoms with Gasteiger partial charge >= 0.3 is 0 Å². The van der Waals surface area contributed by atoms with Crippen molar-refractivity contribution in [3.05, 3.63) is 46.5 Å². The van der Waals surface area contributed by atoms with Crippen LogP contribution in [0.2, 0.25) is 5.02 Å². The smallest absolute Gasteiger partial charge is 0.0521 e. The number of rotatable bonds is 0. The van der Waals surface area contributed by atoms with Gasteiger partial charge in [-0.05, 0) is 27.3 Å². The van der Waals surface area contributed by atoms with E-state index in [0.717, 1.165) is 10.4 Å². The first kappa shape index (κ1) is 14.4. The molecule has 2 aromatic carbocycles. The minimum absolute atomic E-state index is 0.0774. The Labute approximate surface area is 121 Å². The molecule has 0 nitrogen and oxygen atoms in total. The second-order valence-corrected chi connectivity index (χ2v) is 7.74. The molecule has 0 aromatic heterocycles. The van der Waals surface area contributed by atoms with E-state index in [1.807, 2.05) is 0 Å². The maximum atomic E-state index is 6.59. The normalized spacial score (nSPS) is 13.0. The van der Waals surface area contributed by atoms with Gasteiger partial charge in [-0.15, -0.1) is 0 Å². The molecule has 102 valence electrons. The van der Waals surface area contributed by atoms with E-state index in [0.29, 0.717) is 0 Å². The first-order chi connectivity index (χ1) is 8.60. The van der Waals surface area contributed by atoms with Gasteiger partial charge in [-0.2, -0.15) is 0 Å². The van der Waals surface area contributed by atoms with E-state index in [1.54, 1.807) is 0 Å². The van der Waals surface area contributed by atoms with E-state index in [-0.39, 0.29) is 10.8 Å². The number of halogens is 1. The molecule has 0 atom stereocenters. The average Bonchev–Trinajstić information content (AvgIpc) is 2.26. The summed E-state index contributed by atoms with van der Waals surface area (Å²) in [5.41, 5.74) is 2.81. The predicted octanol–water partition coefficient (Wildman–Crippen LogP) is 6.09. The molecule has 0 bridgehead atoms. The largest absolute Gasteiger partial charge is 0.0833 e. The van der Waals surface area contributed by atoms with Crippen LogP contribution in [-0.2, 0) is 10.8 Å². The summed E-state index contributed by atoms with van der Waals surface area (Å²) in [4.78, 5) is 0. The van der Waals surface area contributed by atoms with E-state index in [4.69, 9.17) is 11.6 Å². The standard InChI is InChI=1S/C18H23Cl/c1-17(2,3)13-8-9-14-12(11-13)7-10-15(16(14)19)18(4,5)6/h7-11H,1-6H3. The fourth-order valence-electron chi connectivity index (χ4n) is 2.34. The Bertz CT molecular complexity index is 610. The lowest BCUT2D eigenvalue weighted by Gasteiger charge is -2.23. The quantitative estimate of drug-likeness (QED) is 0.545. The fraction of sp³-hybridized carbons (Fsp3) is 0.444. The number of fused-ring (bicyclic) bond motifs is 1. The van der Waals surface area contributed by atoms with Crippen LogP contribution in [0.4, 0.5) is 0 Å². The Morgan fingerprint density at radius 2 is 1.42 bits per heavy atom. The van der Waals surface area contributed by atoms with Gasteiger partial charge < -0.3 is 0 Å². The molecule has 0 radical (unpaired) electrons. The van der Waals surface area contributed by atoms with Crippen molar-refractivity contribution >= 4 is 22.4 Å². The van der Waals surface area contributed by atoms with Gasteiger partial charge in [0.1, 0.15) is 0 Å². The topological polar surface area (TPSA) is 0 Å². The third kappa shape index (κ3) is 2.79. The summed E-state index contributed by atoms with van der Waals surface area (Å²) in [6.45, 7) is 13.3. The Kier molecular flexibility index (Phi) is 3.43. The maximum Gasteiger partial charge on any atom is 0.0521 e. The van der Waals surface area contributed by atoms with Crippen LogP contribution < -0.4 is 0 Å². The molecule has 0 aliphatic heterocycles. The van der Waals surface area contributed by atoms with Crippen molar-refractivity contribution < 1.29 is 0 Å². The average molecular weight is 275 g/mol. The summed E-state index contributed by atoms with van der Waals surface area (Å²) in [5, 5.41) is 3.28. The first-order valence-corrected chi connectivity index (χ1v) is 7.22. The zero-order chi connectivity index (χ0) is 14.4. The molecule has 0 fully saturated rings. The molecule has 0 saturated heterocycles. The molecular formula is C18H23Cl. The molecule has 0 aliphatic rings. The van der Waals surface area contributed by atoms with Crippen LogP contribution in [0.15, 0.2) is 30.3 Å². The van der Waals surface area contributed by atoms with Gasteiger partial charge in [-0.1, -0.05) is 83.5 Å². The van der Waals surface area contributed by atoms with Crippen LogP contribution in [0.1, 0.15) is 52.7 Å². The molecule has 0 saturated carbocycles. The highest BCUT2D eigenvalue weighted by Gasteiger charge is 2.20. The highest BCUT2D eigenvalue weighted by atomic mass is 35.5. The fourth-order valence-corrected chi connectivity index (χ4v) is 2.86. The van der Waals surface area contributed by atoms with E-state index in [9.17, 15) is 0 Å². The van der Waals surface area contributed by atoms with Crippen molar-refractivity contribution in [3.8, 4) is 0 Å². The molecule has 2 rings (SSSR count). The summed E-state index contributed by atoms with van der Waals surface area (Å²) in [5.74, 6) is 0. The van der Waals surface area contributed by atoms with E-state index in [2.05, 4.69) is 71.9 Å². The molecule has 0 amide bonds. The van der Waals surface area contributed by atoms with E-state index < -0.39 is 0 Å². The van der Waals surface area contributed by atoms with Crippen molar-refractivity contribution in [2.45, 2.75) is 52.4 Å². The minimum Gasteiger partial charge on any atom is -0.0833 e. The molecule has 1 heteroatoms. The lowest BCUT2D eigenvalue weighted by molar-refractivity contribution is 0.589. The summed E-state index contributed by atoms with van der Waals surface area (Å²) in [7, 11) is 0. The van der Waals surface area contributed by atoms with Gasteiger partial charge in [0.05, 0.1) is 5.02 Å². The van der Waals surface area contributed by atoms with E-state index in [1.165, 1.54) is 16.5 Å². The highest BCUT2D eigenvalue weighted by molar-refractivity contribution is 6.36. The lowest BCUT2D eigenvalue weighted by Crippen LogP contribution is -2.12. The maximum absolute atomic E-state index is 6.59. The Morgan fingerprint density at radius 3 is 1.95 bits per heavy atom. The summed E-state index contributed by atoms with van der Waals surface area (Å²) in [6, 6.07) is 11.0. The predicted molar refractivity (Wildman–Crippen MR) is 86.4 cm³/mol. The van der Waals surface area contributed by atoms with Crippen LogP contribution in [0.3, 0.4) is 0 Å². The molecule has 0 aliphatic carbocycles. The Morgan fingerprint density at radius 1 is 0.789 bits per heavy atom. The monoisotopic (exact) mass is 274 g/mol. The van der Waals surface area contributed by atoms with Gasteiger partial charge in [-0.25, -0.2) is 0 Å². The van der Waals surface area contributed by atoms with Crippen LogP contribution >= 0.6 is 11.6 Å².